The molecule has 3 heterocycles. The van der Waals surface area contributed by atoms with Gasteiger partial charge in [0.2, 0.25) is 11.8 Å². The summed E-state index contributed by atoms with van der Waals surface area (Å²) in [5, 5.41) is 2.86. The molecule has 0 saturated carbocycles. The summed E-state index contributed by atoms with van der Waals surface area (Å²) in [5.74, 6) is 0.0160. The minimum atomic E-state index is -0.606. The number of carbonyl (C=O) groups is 3. The van der Waals surface area contributed by atoms with E-state index in [1.165, 1.54) is 4.90 Å². The van der Waals surface area contributed by atoms with E-state index in [0.29, 0.717) is 31.9 Å². The lowest BCUT2D eigenvalue weighted by atomic mass is 9.96. The fraction of sp³-hybridized carbons (Fsp3) is 0.636. The highest BCUT2D eigenvalue weighted by Gasteiger charge is 2.40. The summed E-state index contributed by atoms with van der Waals surface area (Å²) >= 11 is 0. The predicted molar refractivity (Wildman–Crippen MR) is 113 cm³/mol. The van der Waals surface area contributed by atoms with Gasteiger partial charge in [-0.25, -0.2) is 9.78 Å². The van der Waals surface area contributed by atoms with E-state index in [1.54, 1.807) is 11.0 Å². The number of pyridine rings is 1. The number of piperidine rings is 1. The summed E-state index contributed by atoms with van der Waals surface area (Å²) in [6, 6.07) is 4.96. The van der Waals surface area contributed by atoms with Gasteiger partial charge in [0.05, 0.1) is 5.92 Å². The number of amides is 3. The Morgan fingerprint density at radius 2 is 1.87 bits per heavy atom. The number of hydrogen-bond donors (Lipinski definition) is 1. The van der Waals surface area contributed by atoms with Crippen molar-refractivity contribution in [1.82, 2.24) is 14.8 Å². The monoisotopic (exact) mass is 416 g/mol. The summed E-state index contributed by atoms with van der Waals surface area (Å²) < 4.78 is 5.47. The van der Waals surface area contributed by atoms with E-state index in [2.05, 4.69) is 10.3 Å². The van der Waals surface area contributed by atoms with Crippen LogP contribution in [0.2, 0.25) is 0 Å². The first-order chi connectivity index (χ1) is 14.1. The fourth-order valence-electron chi connectivity index (χ4n) is 4.01. The normalized spacial score (nSPS) is 22.0. The van der Waals surface area contributed by atoms with Crippen molar-refractivity contribution in [3.63, 3.8) is 0 Å². The van der Waals surface area contributed by atoms with Gasteiger partial charge in [0.1, 0.15) is 17.5 Å². The lowest BCUT2D eigenvalue weighted by Crippen LogP contribution is -2.52. The molecular weight excluding hydrogens is 384 g/mol. The number of ether oxygens (including phenoxy) is 1. The number of nitrogens with zero attached hydrogens (tertiary/aromatic N) is 3. The highest BCUT2D eigenvalue weighted by molar-refractivity contribution is 5.93. The maximum absolute atomic E-state index is 13.2. The Bertz CT molecular complexity index is 805. The van der Waals surface area contributed by atoms with Crippen LogP contribution in [0.25, 0.3) is 0 Å². The molecule has 0 spiro atoms. The Labute approximate surface area is 178 Å². The smallest absolute Gasteiger partial charge is 0.410 e. The summed E-state index contributed by atoms with van der Waals surface area (Å²) in [7, 11) is 0. The maximum Gasteiger partial charge on any atom is 0.410 e. The second-order valence-corrected chi connectivity index (χ2v) is 9.11. The van der Waals surface area contributed by atoms with Crippen LogP contribution in [-0.4, -0.2) is 64.0 Å². The number of aryl methyl sites for hydroxylation is 1. The number of hydrogen-bond acceptors (Lipinski definition) is 5. The fourth-order valence-corrected chi connectivity index (χ4v) is 4.01. The van der Waals surface area contributed by atoms with Crippen molar-refractivity contribution in [3.8, 4) is 0 Å². The van der Waals surface area contributed by atoms with Crippen LogP contribution < -0.4 is 5.32 Å². The molecule has 0 bridgehead atoms. The molecule has 164 valence electrons. The van der Waals surface area contributed by atoms with Gasteiger partial charge >= 0.3 is 6.09 Å². The van der Waals surface area contributed by atoms with Crippen LogP contribution in [0.5, 0.6) is 0 Å². The zero-order chi connectivity index (χ0) is 21.9. The summed E-state index contributed by atoms with van der Waals surface area (Å²) in [5.41, 5.74) is 0.225. The Kier molecular flexibility index (Phi) is 6.63. The van der Waals surface area contributed by atoms with Crippen molar-refractivity contribution in [1.29, 1.82) is 0 Å². The van der Waals surface area contributed by atoms with Crippen molar-refractivity contribution >= 4 is 23.7 Å². The highest BCUT2D eigenvalue weighted by atomic mass is 16.6. The summed E-state index contributed by atoms with van der Waals surface area (Å²) in [6.07, 6.45) is 2.42. The van der Waals surface area contributed by atoms with Crippen LogP contribution in [0.15, 0.2) is 18.2 Å². The lowest BCUT2D eigenvalue weighted by molar-refractivity contribution is -0.138. The minimum Gasteiger partial charge on any atom is -0.444 e. The van der Waals surface area contributed by atoms with Gasteiger partial charge in [0, 0.05) is 25.3 Å². The van der Waals surface area contributed by atoms with Gasteiger partial charge in [-0.1, -0.05) is 6.07 Å². The average molecular weight is 417 g/mol. The molecule has 8 nitrogen and oxygen atoms in total. The quantitative estimate of drug-likeness (QED) is 0.818. The molecule has 1 unspecified atom stereocenters. The van der Waals surface area contributed by atoms with Crippen LogP contribution in [0, 0.1) is 12.8 Å². The zero-order valence-electron chi connectivity index (χ0n) is 18.3. The minimum absolute atomic E-state index is 0.0930. The van der Waals surface area contributed by atoms with E-state index >= 15 is 0 Å². The second kappa shape index (κ2) is 9.02. The van der Waals surface area contributed by atoms with Gasteiger partial charge in [0.15, 0.2) is 0 Å². The van der Waals surface area contributed by atoms with Crippen molar-refractivity contribution in [3.05, 3.63) is 23.9 Å². The number of aromatic nitrogens is 1. The molecule has 30 heavy (non-hydrogen) atoms. The van der Waals surface area contributed by atoms with Gasteiger partial charge in [-0.2, -0.15) is 0 Å². The molecule has 3 amide bonds. The number of carbonyl (C=O) groups excluding carboxylic acids is 3. The molecule has 3 rings (SSSR count). The van der Waals surface area contributed by atoms with Crippen molar-refractivity contribution in [2.45, 2.75) is 65.0 Å². The number of rotatable bonds is 3. The standard InChI is InChI=1S/C22H32N4O4/c1-15-8-5-11-18(23-15)24-19(27)16-9-6-12-25(14-16)20(28)17-10-7-13-26(17)21(29)30-22(2,3)4/h5,8,11,16-17H,6-7,9-10,12-14H2,1-4H3,(H,23,24,27)/t16?,17-/m0/s1. The third kappa shape index (κ3) is 5.49. The zero-order valence-corrected chi connectivity index (χ0v) is 18.3. The first kappa shape index (κ1) is 22.1. The van der Waals surface area contributed by atoms with Gasteiger partial charge < -0.3 is 15.0 Å². The molecule has 8 heteroatoms. The average Bonchev–Trinajstić information content (AvgIpc) is 3.16. The molecule has 2 atom stereocenters. The number of anilines is 1. The Hall–Kier alpha value is -2.64. The molecule has 0 aliphatic carbocycles. The van der Waals surface area contributed by atoms with Crippen LogP contribution in [0.1, 0.15) is 52.1 Å². The van der Waals surface area contributed by atoms with Gasteiger partial charge in [-0.05, 0) is 65.5 Å². The Balaban J connectivity index is 1.62. The van der Waals surface area contributed by atoms with Crippen LogP contribution in [0.3, 0.4) is 0 Å². The van der Waals surface area contributed by atoms with Crippen molar-refractivity contribution in [2.24, 2.45) is 5.92 Å². The molecule has 1 aromatic rings. The van der Waals surface area contributed by atoms with Crippen molar-refractivity contribution in [2.75, 3.05) is 25.0 Å². The maximum atomic E-state index is 13.2. The van der Waals surface area contributed by atoms with E-state index in [0.717, 1.165) is 25.0 Å². The van der Waals surface area contributed by atoms with Crippen LogP contribution in [0.4, 0.5) is 10.6 Å². The second-order valence-electron chi connectivity index (χ2n) is 9.11. The Morgan fingerprint density at radius 3 is 2.57 bits per heavy atom. The Morgan fingerprint density at radius 1 is 1.13 bits per heavy atom. The number of likely N-dealkylation sites (tertiary alicyclic amines) is 2. The molecule has 0 radical (unpaired) electrons. The van der Waals surface area contributed by atoms with Crippen molar-refractivity contribution < 1.29 is 19.1 Å². The van der Waals surface area contributed by atoms with E-state index in [1.807, 2.05) is 39.8 Å². The molecule has 2 aliphatic heterocycles. The lowest BCUT2D eigenvalue weighted by Gasteiger charge is -2.36. The first-order valence-electron chi connectivity index (χ1n) is 10.7. The summed E-state index contributed by atoms with van der Waals surface area (Å²) in [6.45, 7) is 8.79. The molecule has 1 N–H and O–H groups in total. The molecule has 2 saturated heterocycles. The molecular formula is C22H32N4O4. The highest BCUT2D eigenvalue weighted by Crippen LogP contribution is 2.25. The predicted octanol–water partition coefficient (Wildman–Crippen LogP) is 2.97. The molecule has 2 aliphatic rings. The van der Waals surface area contributed by atoms with Gasteiger partial charge in [-0.15, -0.1) is 0 Å². The third-order valence-corrected chi connectivity index (χ3v) is 5.41. The van der Waals surface area contributed by atoms with Gasteiger partial charge in [0.25, 0.3) is 0 Å². The first-order valence-corrected chi connectivity index (χ1v) is 10.7. The van der Waals surface area contributed by atoms with E-state index in [4.69, 9.17) is 4.74 Å². The van der Waals surface area contributed by atoms with Gasteiger partial charge in [-0.3, -0.25) is 14.5 Å². The molecule has 2 fully saturated rings. The molecule has 1 aromatic heterocycles. The third-order valence-electron chi connectivity index (χ3n) is 5.41. The summed E-state index contributed by atoms with van der Waals surface area (Å²) in [4.78, 5) is 46.0. The van der Waals surface area contributed by atoms with E-state index in [-0.39, 0.29) is 17.7 Å². The van der Waals surface area contributed by atoms with E-state index in [9.17, 15) is 14.4 Å². The van der Waals surface area contributed by atoms with Crippen LogP contribution in [-0.2, 0) is 14.3 Å². The number of nitrogens with one attached hydrogen (secondary N) is 1. The van der Waals surface area contributed by atoms with E-state index < -0.39 is 17.7 Å². The van der Waals surface area contributed by atoms with Crippen LogP contribution >= 0.6 is 0 Å². The largest absolute Gasteiger partial charge is 0.444 e. The SMILES string of the molecule is Cc1cccc(NC(=O)C2CCCN(C(=O)[C@@H]3CCCN3C(=O)OC(C)(C)C)C2)n1. The molecule has 0 aromatic carbocycles. The topological polar surface area (TPSA) is 91.8 Å².